The van der Waals surface area contributed by atoms with E-state index in [9.17, 15) is 14.0 Å². The lowest BCUT2D eigenvalue weighted by Gasteiger charge is -2.07. The molecule has 142 valence electrons. The third-order valence-electron chi connectivity index (χ3n) is 4.15. The quantitative estimate of drug-likeness (QED) is 0.503. The predicted molar refractivity (Wildman–Crippen MR) is 109 cm³/mol. The Hall–Kier alpha value is -3.54. The number of carbonyl (C=O) groups is 2. The molecule has 0 atom stereocenters. The van der Waals surface area contributed by atoms with Gasteiger partial charge in [-0.05, 0) is 47.5 Å². The fraction of sp³-hybridized carbons (Fsp3) is 0.136. The van der Waals surface area contributed by atoms with Gasteiger partial charge in [0, 0.05) is 11.4 Å². The lowest BCUT2D eigenvalue weighted by molar-refractivity contribution is -0.120. The minimum absolute atomic E-state index is 0.0198. The van der Waals surface area contributed by atoms with Crippen LogP contribution in [0.3, 0.4) is 0 Å². The summed E-state index contributed by atoms with van der Waals surface area (Å²) in [5.74, 6) is -0.921. The van der Waals surface area contributed by atoms with Gasteiger partial charge in [-0.1, -0.05) is 42.5 Å². The van der Waals surface area contributed by atoms with Crippen LogP contribution in [0, 0.1) is 5.82 Å². The molecule has 3 rings (SSSR count). The molecule has 2 N–H and O–H groups in total. The van der Waals surface area contributed by atoms with Gasteiger partial charge in [-0.2, -0.15) is 5.10 Å². The molecular weight excluding hydrogens is 357 g/mol. The number of rotatable bonds is 6. The van der Waals surface area contributed by atoms with Crippen molar-refractivity contribution < 1.29 is 14.0 Å². The molecule has 5 nitrogen and oxygen atoms in total. The molecule has 0 aliphatic carbocycles. The van der Waals surface area contributed by atoms with Crippen LogP contribution in [0.15, 0.2) is 71.8 Å². The second kappa shape index (κ2) is 8.90. The number of amides is 2. The van der Waals surface area contributed by atoms with Crippen LogP contribution < -0.4 is 10.7 Å². The van der Waals surface area contributed by atoms with Crippen molar-refractivity contribution >= 4 is 34.0 Å². The van der Waals surface area contributed by atoms with Gasteiger partial charge in [0.15, 0.2) is 0 Å². The summed E-state index contributed by atoms with van der Waals surface area (Å²) in [6, 6.07) is 19.2. The van der Waals surface area contributed by atoms with E-state index in [-0.39, 0.29) is 30.5 Å². The number of nitrogens with zero attached hydrogens (tertiary/aromatic N) is 1. The van der Waals surface area contributed by atoms with Crippen LogP contribution >= 0.6 is 0 Å². The minimum Gasteiger partial charge on any atom is -0.326 e. The topological polar surface area (TPSA) is 70.6 Å². The molecule has 0 aliphatic heterocycles. The van der Waals surface area contributed by atoms with Gasteiger partial charge in [-0.25, -0.2) is 9.82 Å². The van der Waals surface area contributed by atoms with E-state index in [0.717, 1.165) is 16.3 Å². The van der Waals surface area contributed by atoms with Crippen LogP contribution in [0.25, 0.3) is 10.8 Å². The highest BCUT2D eigenvalue weighted by Gasteiger charge is 2.08. The molecule has 0 fully saturated rings. The molecule has 0 saturated heterocycles. The number of hydrazone groups is 1. The normalized spacial score (nSPS) is 11.3. The van der Waals surface area contributed by atoms with Crippen LogP contribution in [0.2, 0.25) is 0 Å². The highest BCUT2D eigenvalue weighted by molar-refractivity contribution is 6.05. The van der Waals surface area contributed by atoms with E-state index in [0.29, 0.717) is 11.4 Å². The second-order valence-corrected chi connectivity index (χ2v) is 6.43. The smallest absolute Gasteiger partial charge is 0.244 e. The van der Waals surface area contributed by atoms with E-state index in [1.165, 1.54) is 24.3 Å². The Balaban J connectivity index is 1.54. The molecule has 28 heavy (non-hydrogen) atoms. The number of carbonyl (C=O) groups excluding carboxylic acids is 2. The van der Waals surface area contributed by atoms with Crippen LogP contribution in [-0.2, 0) is 16.0 Å². The van der Waals surface area contributed by atoms with Crippen LogP contribution in [0.4, 0.5) is 10.1 Å². The maximum atomic E-state index is 12.9. The maximum Gasteiger partial charge on any atom is 0.244 e. The molecule has 0 unspecified atom stereocenters. The van der Waals surface area contributed by atoms with E-state index in [2.05, 4.69) is 15.8 Å². The van der Waals surface area contributed by atoms with Crippen molar-refractivity contribution in [1.29, 1.82) is 0 Å². The molecule has 6 heteroatoms. The van der Waals surface area contributed by atoms with Crippen LogP contribution in [-0.4, -0.2) is 17.5 Å². The molecule has 3 aromatic carbocycles. The van der Waals surface area contributed by atoms with Crippen molar-refractivity contribution in [3.05, 3.63) is 78.1 Å². The first-order valence-corrected chi connectivity index (χ1v) is 8.85. The van der Waals surface area contributed by atoms with Gasteiger partial charge in [-0.15, -0.1) is 0 Å². The largest absolute Gasteiger partial charge is 0.326 e. The highest BCUT2D eigenvalue weighted by Crippen LogP contribution is 2.18. The summed E-state index contributed by atoms with van der Waals surface area (Å²) in [6.45, 7) is 1.66. The Morgan fingerprint density at radius 3 is 2.43 bits per heavy atom. The summed E-state index contributed by atoms with van der Waals surface area (Å²) in [6.07, 6.45) is 0.214. The van der Waals surface area contributed by atoms with E-state index in [1.807, 2.05) is 42.5 Å². The van der Waals surface area contributed by atoms with Gasteiger partial charge >= 0.3 is 0 Å². The maximum absolute atomic E-state index is 12.9. The number of benzene rings is 3. The number of nitrogens with one attached hydrogen (secondary N) is 2. The van der Waals surface area contributed by atoms with Gasteiger partial charge in [0.2, 0.25) is 11.8 Å². The fourth-order valence-electron chi connectivity index (χ4n) is 2.83. The molecule has 0 bridgehead atoms. The molecule has 0 heterocycles. The zero-order valence-corrected chi connectivity index (χ0v) is 15.4. The number of hydrogen-bond donors (Lipinski definition) is 2. The summed E-state index contributed by atoms with van der Waals surface area (Å²) < 4.78 is 12.9. The Kier molecular flexibility index (Phi) is 6.11. The van der Waals surface area contributed by atoms with Crippen molar-refractivity contribution in [3.63, 3.8) is 0 Å². The summed E-state index contributed by atoms with van der Waals surface area (Å²) in [5, 5.41) is 8.74. The molecule has 0 radical (unpaired) electrons. The Morgan fingerprint density at radius 1 is 0.929 bits per heavy atom. The molecule has 0 aromatic heterocycles. The average Bonchev–Trinajstić information content (AvgIpc) is 2.68. The zero-order valence-electron chi connectivity index (χ0n) is 15.4. The van der Waals surface area contributed by atoms with E-state index >= 15 is 0 Å². The lowest BCUT2D eigenvalue weighted by atomic mass is 10.0. The molecule has 0 aliphatic rings. The first-order chi connectivity index (χ1) is 13.5. The molecule has 0 saturated carbocycles. The summed E-state index contributed by atoms with van der Waals surface area (Å²) >= 11 is 0. The minimum atomic E-state index is -0.371. The summed E-state index contributed by atoms with van der Waals surface area (Å²) in [7, 11) is 0. The van der Waals surface area contributed by atoms with Gasteiger partial charge in [0.1, 0.15) is 5.82 Å². The van der Waals surface area contributed by atoms with E-state index < -0.39 is 0 Å². The number of halogens is 1. The van der Waals surface area contributed by atoms with Gasteiger partial charge < -0.3 is 5.32 Å². The SMILES string of the molecule is CC(CC(=O)Nc1ccc(F)cc1)=NNC(=O)Cc1cccc2ccccc12. The Labute approximate surface area is 162 Å². The highest BCUT2D eigenvalue weighted by atomic mass is 19.1. The van der Waals surface area contributed by atoms with Crippen LogP contribution in [0.1, 0.15) is 18.9 Å². The summed E-state index contributed by atoms with van der Waals surface area (Å²) in [4.78, 5) is 24.2. The van der Waals surface area contributed by atoms with Gasteiger partial charge in [0.25, 0.3) is 0 Å². The van der Waals surface area contributed by atoms with Crippen molar-refractivity contribution in [1.82, 2.24) is 5.43 Å². The molecular formula is C22H20FN3O2. The van der Waals surface area contributed by atoms with E-state index in [1.54, 1.807) is 6.92 Å². The Bertz CT molecular complexity index is 1020. The number of anilines is 1. The standard InChI is InChI=1S/C22H20FN3O2/c1-15(13-21(27)24-19-11-9-18(23)10-12-19)25-26-22(28)14-17-7-4-6-16-5-2-3-8-20(16)17/h2-12H,13-14H2,1H3,(H,24,27)(H,26,28). The first-order valence-electron chi connectivity index (χ1n) is 8.85. The average molecular weight is 377 g/mol. The number of fused-ring (bicyclic) bond motifs is 1. The predicted octanol–water partition coefficient (Wildman–Crippen LogP) is 4.04. The lowest BCUT2D eigenvalue weighted by Crippen LogP contribution is -2.23. The molecule has 0 spiro atoms. The zero-order chi connectivity index (χ0) is 19.9. The molecule has 2 amide bonds. The third-order valence-corrected chi connectivity index (χ3v) is 4.15. The summed E-state index contributed by atoms with van der Waals surface area (Å²) in [5.41, 5.74) is 4.37. The number of hydrogen-bond acceptors (Lipinski definition) is 3. The fourth-order valence-corrected chi connectivity index (χ4v) is 2.83. The first kappa shape index (κ1) is 19.2. The van der Waals surface area contributed by atoms with Crippen molar-refractivity contribution in [2.24, 2.45) is 5.10 Å². The second-order valence-electron chi connectivity index (χ2n) is 6.43. The van der Waals surface area contributed by atoms with Gasteiger partial charge in [0.05, 0.1) is 12.8 Å². The van der Waals surface area contributed by atoms with E-state index in [4.69, 9.17) is 0 Å². The van der Waals surface area contributed by atoms with Gasteiger partial charge in [-0.3, -0.25) is 9.59 Å². The van der Waals surface area contributed by atoms with Crippen molar-refractivity contribution in [3.8, 4) is 0 Å². The Morgan fingerprint density at radius 2 is 1.64 bits per heavy atom. The molecule has 3 aromatic rings. The monoisotopic (exact) mass is 377 g/mol. The van der Waals surface area contributed by atoms with Crippen molar-refractivity contribution in [2.45, 2.75) is 19.8 Å². The van der Waals surface area contributed by atoms with Crippen molar-refractivity contribution in [2.75, 3.05) is 5.32 Å². The third kappa shape index (κ3) is 5.23. The van der Waals surface area contributed by atoms with Crippen LogP contribution in [0.5, 0.6) is 0 Å².